The van der Waals surface area contributed by atoms with Crippen LogP contribution in [-0.4, -0.2) is 27.3 Å². The molecule has 0 saturated carbocycles. The van der Waals surface area contributed by atoms with Crippen molar-refractivity contribution < 1.29 is 13.9 Å². The fourth-order valence-electron chi connectivity index (χ4n) is 2.69. The highest BCUT2D eigenvalue weighted by atomic mass is 19.1. The van der Waals surface area contributed by atoms with E-state index < -0.39 is 0 Å². The van der Waals surface area contributed by atoms with Gasteiger partial charge in [0, 0.05) is 7.11 Å². The minimum Gasteiger partial charge on any atom is -0.496 e. The molecule has 1 aliphatic heterocycles. The zero-order chi connectivity index (χ0) is 13.7. The number of rotatable bonds is 5. The smallest absolute Gasteiger partial charge is 0.135 e. The number of ether oxygens (including phenoxy) is 2. The molecule has 4 heteroatoms. The van der Waals surface area contributed by atoms with E-state index in [4.69, 9.17) is 9.47 Å². The lowest BCUT2D eigenvalue weighted by Gasteiger charge is -2.23. The number of benzene rings is 1. The molecule has 1 saturated heterocycles. The van der Waals surface area contributed by atoms with Gasteiger partial charge in [-0.3, -0.25) is 0 Å². The molecule has 1 aromatic carbocycles. The van der Waals surface area contributed by atoms with Crippen molar-refractivity contribution in [3.8, 4) is 5.75 Å². The molecular formula is C15H22FNO2. The number of piperidine rings is 1. The molecule has 1 fully saturated rings. The molecule has 3 nitrogen and oxygen atoms in total. The highest BCUT2D eigenvalue weighted by Crippen LogP contribution is 2.27. The Balaban J connectivity index is 2.17. The third-order valence-electron chi connectivity index (χ3n) is 3.70. The summed E-state index contributed by atoms with van der Waals surface area (Å²) in [6.45, 7) is 2.30. The molecule has 1 unspecified atom stereocenters. The summed E-state index contributed by atoms with van der Waals surface area (Å²) in [5.74, 6) is 0.906. The van der Waals surface area contributed by atoms with E-state index in [-0.39, 0.29) is 12.4 Å². The summed E-state index contributed by atoms with van der Waals surface area (Å²) >= 11 is 0. The average Bonchev–Trinajstić information content (AvgIpc) is 2.45. The van der Waals surface area contributed by atoms with Crippen LogP contribution in [0.4, 0.5) is 4.39 Å². The molecule has 0 aromatic heterocycles. The van der Waals surface area contributed by atoms with Crippen LogP contribution in [0.2, 0.25) is 0 Å². The largest absolute Gasteiger partial charge is 0.496 e. The zero-order valence-electron chi connectivity index (χ0n) is 11.7. The van der Waals surface area contributed by atoms with E-state index in [2.05, 4.69) is 5.32 Å². The van der Waals surface area contributed by atoms with Gasteiger partial charge in [-0.05, 0) is 49.9 Å². The van der Waals surface area contributed by atoms with E-state index in [9.17, 15) is 4.39 Å². The van der Waals surface area contributed by atoms with Crippen LogP contribution in [0.5, 0.6) is 5.75 Å². The van der Waals surface area contributed by atoms with Crippen molar-refractivity contribution >= 4 is 0 Å². The summed E-state index contributed by atoms with van der Waals surface area (Å²) in [5, 5.41) is 3.37. The quantitative estimate of drug-likeness (QED) is 0.889. The lowest BCUT2D eigenvalue weighted by atomic mass is 9.91. The SMILES string of the molecule is COCc1c(OC)ccc(CC2CCCNC2)c1F. The summed E-state index contributed by atoms with van der Waals surface area (Å²) in [5.41, 5.74) is 1.29. The third-order valence-corrected chi connectivity index (χ3v) is 3.70. The monoisotopic (exact) mass is 267 g/mol. The van der Waals surface area contributed by atoms with Crippen molar-refractivity contribution in [3.63, 3.8) is 0 Å². The van der Waals surface area contributed by atoms with Crippen molar-refractivity contribution in [1.82, 2.24) is 5.32 Å². The molecule has 2 rings (SSSR count). The van der Waals surface area contributed by atoms with Crippen LogP contribution in [0.3, 0.4) is 0 Å². The van der Waals surface area contributed by atoms with Crippen molar-refractivity contribution in [2.45, 2.75) is 25.9 Å². The molecule has 1 heterocycles. The van der Waals surface area contributed by atoms with Crippen molar-refractivity contribution in [2.75, 3.05) is 27.3 Å². The molecular weight excluding hydrogens is 245 g/mol. The highest BCUT2D eigenvalue weighted by molar-refractivity contribution is 5.38. The Morgan fingerprint density at radius 3 is 2.84 bits per heavy atom. The lowest BCUT2D eigenvalue weighted by molar-refractivity contribution is 0.177. The van der Waals surface area contributed by atoms with Gasteiger partial charge in [0.25, 0.3) is 0 Å². The number of methoxy groups -OCH3 is 2. The highest BCUT2D eigenvalue weighted by Gasteiger charge is 2.19. The first-order valence-electron chi connectivity index (χ1n) is 6.80. The molecule has 0 bridgehead atoms. The van der Waals surface area contributed by atoms with Gasteiger partial charge in [-0.25, -0.2) is 4.39 Å². The van der Waals surface area contributed by atoms with E-state index in [0.717, 1.165) is 31.5 Å². The van der Waals surface area contributed by atoms with Crippen LogP contribution in [-0.2, 0) is 17.8 Å². The summed E-state index contributed by atoms with van der Waals surface area (Å²) < 4.78 is 24.7. The molecule has 106 valence electrons. The Morgan fingerprint density at radius 2 is 2.21 bits per heavy atom. The average molecular weight is 267 g/mol. The maximum absolute atomic E-state index is 14.5. The van der Waals surface area contributed by atoms with E-state index in [1.54, 1.807) is 14.2 Å². The van der Waals surface area contributed by atoms with Gasteiger partial charge in [0.15, 0.2) is 0 Å². The van der Waals surface area contributed by atoms with Crippen LogP contribution in [0.15, 0.2) is 12.1 Å². The molecule has 1 aliphatic rings. The lowest BCUT2D eigenvalue weighted by Crippen LogP contribution is -2.31. The number of nitrogens with one attached hydrogen (secondary N) is 1. The van der Waals surface area contributed by atoms with Gasteiger partial charge in [-0.2, -0.15) is 0 Å². The first-order valence-corrected chi connectivity index (χ1v) is 6.80. The van der Waals surface area contributed by atoms with E-state index in [1.165, 1.54) is 6.42 Å². The molecule has 1 N–H and O–H groups in total. The van der Waals surface area contributed by atoms with Crippen molar-refractivity contribution in [2.24, 2.45) is 5.92 Å². The molecule has 0 aliphatic carbocycles. The van der Waals surface area contributed by atoms with Gasteiger partial charge in [-0.15, -0.1) is 0 Å². The Labute approximate surface area is 114 Å². The Kier molecular flexibility index (Phi) is 5.16. The van der Waals surface area contributed by atoms with Gasteiger partial charge in [0.05, 0.1) is 19.3 Å². The first-order chi connectivity index (χ1) is 9.26. The molecule has 19 heavy (non-hydrogen) atoms. The van der Waals surface area contributed by atoms with Gasteiger partial charge in [0.2, 0.25) is 0 Å². The molecule has 0 radical (unpaired) electrons. The van der Waals surface area contributed by atoms with Crippen LogP contribution < -0.4 is 10.1 Å². The second kappa shape index (κ2) is 6.87. The first kappa shape index (κ1) is 14.3. The Hall–Kier alpha value is -1.13. The fraction of sp³-hybridized carbons (Fsp3) is 0.600. The minimum absolute atomic E-state index is 0.174. The third kappa shape index (κ3) is 3.45. The fourth-order valence-corrected chi connectivity index (χ4v) is 2.69. The molecule has 0 amide bonds. The molecule has 1 aromatic rings. The summed E-state index contributed by atoms with van der Waals surface area (Å²) in [7, 11) is 3.12. The molecule has 1 atom stereocenters. The predicted molar refractivity (Wildman–Crippen MR) is 73.0 cm³/mol. The standard InChI is InChI=1S/C15H22FNO2/c1-18-10-13-14(19-2)6-5-12(15(13)16)8-11-4-3-7-17-9-11/h5-6,11,17H,3-4,7-10H2,1-2H3. The summed E-state index contributed by atoms with van der Waals surface area (Å²) in [6.07, 6.45) is 3.12. The van der Waals surface area contributed by atoms with Crippen LogP contribution in [0.1, 0.15) is 24.0 Å². The van der Waals surface area contributed by atoms with E-state index >= 15 is 0 Å². The zero-order valence-corrected chi connectivity index (χ0v) is 11.7. The van der Waals surface area contributed by atoms with E-state index in [1.807, 2.05) is 12.1 Å². The van der Waals surface area contributed by atoms with Gasteiger partial charge >= 0.3 is 0 Å². The number of halogens is 1. The van der Waals surface area contributed by atoms with Gasteiger partial charge in [-0.1, -0.05) is 6.07 Å². The Morgan fingerprint density at radius 1 is 1.37 bits per heavy atom. The summed E-state index contributed by atoms with van der Waals surface area (Å²) in [4.78, 5) is 0. The van der Waals surface area contributed by atoms with Crippen LogP contribution in [0.25, 0.3) is 0 Å². The van der Waals surface area contributed by atoms with Crippen molar-refractivity contribution in [3.05, 3.63) is 29.1 Å². The minimum atomic E-state index is -0.174. The van der Waals surface area contributed by atoms with Crippen LogP contribution >= 0.6 is 0 Å². The maximum Gasteiger partial charge on any atom is 0.135 e. The second-order valence-corrected chi connectivity index (χ2v) is 5.07. The normalized spacial score (nSPS) is 19.4. The molecule has 0 spiro atoms. The van der Waals surface area contributed by atoms with Crippen LogP contribution in [0, 0.1) is 11.7 Å². The number of hydrogen-bond donors (Lipinski definition) is 1. The summed E-state index contributed by atoms with van der Waals surface area (Å²) in [6, 6.07) is 3.67. The van der Waals surface area contributed by atoms with Gasteiger partial charge in [0.1, 0.15) is 11.6 Å². The topological polar surface area (TPSA) is 30.5 Å². The Bertz CT molecular complexity index is 417. The number of hydrogen-bond acceptors (Lipinski definition) is 3. The van der Waals surface area contributed by atoms with E-state index in [0.29, 0.717) is 17.2 Å². The van der Waals surface area contributed by atoms with Gasteiger partial charge < -0.3 is 14.8 Å². The maximum atomic E-state index is 14.5. The second-order valence-electron chi connectivity index (χ2n) is 5.07. The predicted octanol–water partition coefficient (Wildman–Crippen LogP) is 2.52. The van der Waals surface area contributed by atoms with Crippen molar-refractivity contribution in [1.29, 1.82) is 0 Å².